The van der Waals surface area contributed by atoms with E-state index in [9.17, 15) is 17.6 Å². The number of carbonyl (C=O) groups excluding carboxylic acids is 1. The van der Waals surface area contributed by atoms with Gasteiger partial charge in [0.25, 0.3) is 0 Å². The normalized spacial score (nSPS) is 23.5. The number of allylic oxidation sites excluding steroid dienone is 1. The van der Waals surface area contributed by atoms with Crippen molar-refractivity contribution in [2.45, 2.75) is 25.7 Å². The second-order valence-corrected chi connectivity index (χ2v) is 8.71. The summed E-state index contributed by atoms with van der Waals surface area (Å²) in [5.41, 5.74) is 1.13. The van der Waals surface area contributed by atoms with Gasteiger partial charge < -0.3 is 4.90 Å². The highest BCUT2D eigenvalue weighted by Gasteiger charge is 2.28. The molecule has 0 spiro atoms. The van der Waals surface area contributed by atoms with Gasteiger partial charge in [0.15, 0.2) is 9.84 Å². The Balaban J connectivity index is 1.45. The molecule has 1 amide bonds. The average Bonchev–Trinajstić information content (AvgIpc) is 2.89. The zero-order valence-electron chi connectivity index (χ0n) is 13.5. The van der Waals surface area contributed by atoms with Gasteiger partial charge in [-0.25, -0.2) is 12.8 Å². The zero-order valence-corrected chi connectivity index (χ0v) is 14.3. The van der Waals surface area contributed by atoms with Crippen LogP contribution in [0.25, 0.3) is 0 Å². The number of nitrogens with zero attached hydrogens (tertiary/aromatic N) is 1. The van der Waals surface area contributed by atoms with Gasteiger partial charge in [-0.3, -0.25) is 4.79 Å². The number of sulfone groups is 1. The fourth-order valence-electron chi connectivity index (χ4n) is 3.46. The number of halogens is 1. The van der Waals surface area contributed by atoms with Crippen LogP contribution in [0.3, 0.4) is 0 Å². The van der Waals surface area contributed by atoms with Crippen LogP contribution in [0.1, 0.15) is 24.8 Å². The summed E-state index contributed by atoms with van der Waals surface area (Å²) >= 11 is 0. The first-order chi connectivity index (χ1) is 11.4. The Hall–Kier alpha value is -1.69. The molecule has 1 saturated heterocycles. The topological polar surface area (TPSA) is 54.5 Å². The van der Waals surface area contributed by atoms with Crippen LogP contribution in [0.5, 0.6) is 0 Å². The fraction of sp³-hybridized carbons (Fsp3) is 0.500. The molecule has 1 atom stereocenters. The van der Waals surface area contributed by atoms with E-state index >= 15 is 0 Å². The highest BCUT2D eigenvalue weighted by atomic mass is 32.2. The molecule has 2 heterocycles. The predicted octanol–water partition coefficient (Wildman–Crippen LogP) is 2.56. The molecule has 1 aromatic rings. The SMILES string of the molecule is O=C(C[C@H]1C=CS(=O)(=O)C1)N1CCC(Cc2ccc(F)cc2)CC1. The van der Waals surface area contributed by atoms with E-state index in [0.717, 1.165) is 24.8 Å². The maximum atomic E-state index is 12.9. The highest BCUT2D eigenvalue weighted by Crippen LogP contribution is 2.24. The van der Waals surface area contributed by atoms with E-state index in [2.05, 4.69) is 0 Å². The standard InChI is InChI=1S/C18H22FNO3S/c19-17-3-1-14(2-4-17)11-15-5-8-20(9-6-15)18(21)12-16-7-10-24(22,23)13-16/h1-4,7,10,15-16H,5-6,8-9,11-13H2/t16-/m1/s1. The van der Waals surface area contributed by atoms with Crippen molar-refractivity contribution in [3.63, 3.8) is 0 Å². The summed E-state index contributed by atoms with van der Waals surface area (Å²) in [4.78, 5) is 14.2. The smallest absolute Gasteiger partial charge is 0.223 e. The predicted molar refractivity (Wildman–Crippen MR) is 90.4 cm³/mol. The number of likely N-dealkylation sites (tertiary alicyclic amines) is 1. The monoisotopic (exact) mass is 351 g/mol. The summed E-state index contributed by atoms with van der Waals surface area (Å²) in [5, 5.41) is 1.22. The first-order valence-electron chi connectivity index (χ1n) is 8.34. The van der Waals surface area contributed by atoms with Gasteiger partial charge in [-0.15, -0.1) is 0 Å². The van der Waals surface area contributed by atoms with Crippen molar-refractivity contribution in [1.82, 2.24) is 4.90 Å². The number of benzene rings is 1. The molecule has 0 radical (unpaired) electrons. The molecule has 0 unspecified atom stereocenters. The molecule has 2 aliphatic heterocycles. The minimum Gasteiger partial charge on any atom is -0.343 e. The van der Waals surface area contributed by atoms with Gasteiger partial charge >= 0.3 is 0 Å². The van der Waals surface area contributed by atoms with Crippen molar-refractivity contribution in [2.75, 3.05) is 18.8 Å². The molecule has 0 saturated carbocycles. The van der Waals surface area contributed by atoms with Crippen LogP contribution in [-0.2, 0) is 21.1 Å². The molecule has 130 valence electrons. The van der Waals surface area contributed by atoms with Gasteiger partial charge in [0.05, 0.1) is 5.75 Å². The first-order valence-corrected chi connectivity index (χ1v) is 10.1. The van der Waals surface area contributed by atoms with Gasteiger partial charge in [-0.05, 0) is 42.9 Å². The van der Waals surface area contributed by atoms with E-state index in [1.54, 1.807) is 6.08 Å². The number of piperidine rings is 1. The van der Waals surface area contributed by atoms with Gasteiger partial charge in [0.2, 0.25) is 5.91 Å². The molecule has 0 aliphatic carbocycles. The summed E-state index contributed by atoms with van der Waals surface area (Å²) < 4.78 is 35.7. The molecule has 3 rings (SSSR count). The minimum atomic E-state index is -3.10. The first kappa shape index (κ1) is 17.1. The van der Waals surface area contributed by atoms with Crippen molar-refractivity contribution in [1.29, 1.82) is 0 Å². The summed E-state index contributed by atoms with van der Waals surface area (Å²) in [6.07, 6.45) is 4.68. The molecule has 1 fully saturated rings. The Kier molecular flexibility index (Phi) is 5.04. The van der Waals surface area contributed by atoms with Crippen LogP contribution in [-0.4, -0.2) is 38.1 Å². The summed E-state index contributed by atoms with van der Waals surface area (Å²) in [7, 11) is -3.10. The van der Waals surface area contributed by atoms with Crippen molar-refractivity contribution in [3.05, 3.63) is 47.1 Å². The maximum absolute atomic E-state index is 12.9. The summed E-state index contributed by atoms with van der Waals surface area (Å²) in [6, 6.07) is 6.60. The fourth-order valence-corrected chi connectivity index (χ4v) is 4.86. The van der Waals surface area contributed by atoms with Gasteiger partial charge in [0, 0.05) is 30.8 Å². The largest absolute Gasteiger partial charge is 0.343 e. The van der Waals surface area contributed by atoms with E-state index in [0.29, 0.717) is 19.0 Å². The average molecular weight is 351 g/mol. The van der Waals surface area contributed by atoms with Crippen LogP contribution in [0, 0.1) is 17.7 Å². The quantitative estimate of drug-likeness (QED) is 0.838. The Morgan fingerprint density at radius 2 is 1.83 bits per heavy atom. The second kappa shape index (κ2) is 7.05. The van der Waals surface area contributed by atoms with Crippen molar-refractivity contribution in [2.24, 2.45) is 11.8 Å². The third kappa shape index (κ3) is 4.44. The van der Waals surface area contributed by atoms with E-state index in [-0.39, 0.29) is 29.8 Å². The molecular weight excluding hydrogens is 329 g/mol. The number of carbonyl (C=O) groups is 1. The van der Waals surface area contributed by atoms with Crippen LogP contribution >= 0.6 is 0 Å². The molecule has 0 N–H and O–H groups in total. The van der Waals surface area contributed by atoms with E-state index in [1.807, 2.05) is 17.0 Å². The lowest BCUT2D eigenvalue weighted by Crippen LogP contribution is -2.39. The molecule has 1 aromatic carbocycles. The maximum Gasteiger partial charge on any atom is 0.223 e. The molecule has 24 heavy (non-hydrogen) atoms. The van der Waals surface area contributed by atoms with Crippen LogP contribution in [0.15, 0.2) is 35.7 Å². The highest BCUT2D eigenvalue weighted by molar-refractivity contribution is 7.94. The van der Waals surface area contributed by atoms with Crippen molar-refractivity contribution < 1.29 is 17.6 Å². The third-order valence-electron chi connectivity index (χ3n) is 4.85. The van der Waals surface area contributed by atoms with Crippen LogP contribution < -0.4 is 0 Å². The Bertz CT molecular complexity index is 719. The lowest BCUT2D eigenvalue weighted by Gasteiger charge is -2.32. The number of amides is 1. The Labute approximate surface area is 142 Å². The van der Waals surface area contributed by atoms with Gasteiger partial charge in [0.1, 0.15) is 5.82 Å². The van der Waals surface area contributed by atoms with Gasteiger partial charge in [-0.1, -0.05) is 18.2 Å². The molecule has 6 heteroatoms. The molecule has 0 bridgehead atoms. The minimum absolute atomic E-state index is 0.0435. The number of hydrogen-bond acceptors (Lipinski definition) is 3. The Morgan fingerprint density at radius 1 is 1.17 bits per heavy atom. The molecule has 2 aliphatic rings. The second-order valence-electron chi connectivity index (χ2n) is 6.78. The summed E-state index contributed by atoms with van der Waals surface area (Å²) in [5.74, 6) is 0.203. The van der Waals surface area contributed by atoms with E-state index < -0.39 is 9.84 Å². The van der Waals surface area contributed by atoms with E-state index in [4.69, 9.17) is 0 Å². The van der Waals surface area contributed by atoms with E-state index in [1.165, 1.54) is 17.5 Å². The lowest BCUT2D eigenvalue weighted by molar-refractivity contribution is -0.133. The van der Waals surface area contributed by atoms with Crippen molar-refractivity contribution in [3.8, 4) is 0 Å². The van der Waals surface area contributed by atoms with Gasteiger partial charge in [-0.2, -0.15) is 0 Å². The zero-order chi connectivity index (χ0) is 17.2. The van der Waals surface area contributed by atoms with Crippen LogP contribution in [0.2, 0.25) is 0 Å². The molecular formula is C18H22FNO3S. The van der Waals surface area contributed by atoms with Crippen LogP contribution in [0.4, 0.5) is 4.39 Å². The number of rotatable bonds is 4. The summed E-state index contributed by atoms with van der Waals surface area (Å²) in [6.45, 7) is 1.43. The lowest BCUT2D eigenvalue weighted by atomic mass is 9.90. The van der Waals surface area contributed by atoms with Crippen molar-refractivity contribution >= 4 is 15.7 Å². The number of hydrogen-bond donors (Lipinski definition) is 0. The molecule has 0 aromatic heterocycles. The Morgan fingerprint density at radius 3 is 2.42 bits per heavy atom. The molecule has 4 nitrogen and oxygen atoms in total. The third-order valence-corrected chi connectivity index (χ3v) is 6.31.